The minimum atomic E-state index is 0.0250. The van der Waals surface area contributed by atoms with Crippen LogP contribution in [0.2, 0.25) is 0 Å². The van der Waals surface area contributed by atoms with E-state index in [1.807, 2.05) is 0 Å². The number of hydrogen-bond donors (Lipinski definition) is 1. The van der Waals surface area contributed by atoms with Crippen molar-refractivity contribution in [2.45, 2.75) is 58.3 Å². The van der Waals surface area contributed by atoms with Crippen molar-refractivity contribution < 1.29 is 61.9 Å². The SMILES string of the molecule is CCCCCCC(C)(C)c1ccc(OCCOCCOCCOCCOCCOCCOCCOCCOCCOCCOCCOCCO)cc1. The molecule has 1 aromatic carbocycles. The standard InChI is InChI=1S/C39H72O13/c1-4-5-6-7-12-39(2,3)37-8-10-38(11-9-37)52-36-35-51-34-33-50-32-31-49-30-29-48-28-27-47-26-25-46-24-23-45-22-21-44-20-19-43-18-17-42-16-15-41-14-13-40/h8-11,40H,4-7,12-36H2,1-3H3. The first-order chi connectivity index (χ1) is 25.6. The van der Waals surface area contributed by atoms with E-state index in [1.54, 1.807) is 0 Å². The zero-order valence-electron chi connectivity index (χ0n) is 32.7. The Balaban J connectivity index is 1.72. The first kappa shape index (κ1) is 48.6. The number of benzene rings is 1. The van der Waals surface area contributed by atoms with Crippen molar-refractivity contribution >= 4 is 0 Å². The molecule has 0 heterocycles. The van der Waals surface area contributed by atoms with Gasteiger partial charge in [0.25, 0.3) is 0 Å². The Morgan fingerprint density at radius 3 is 1.02 bits per heavy atom. The quantitative estimate of drug-likeness (QED) is 0.0944. The molecular weight excluding hydrogens is 676 g/mol. The number of aliphatic hydroxyl groups excluding tert-OH is 1. The molecule has 306 valence electrons. The van der Waals surface area contributed by atoms with Gasteiger partial charge in [-0.2, -0.15) is 0 Å². The van der Waals surface area contributed by atoms with Crippen LogP contribution >= 0.6 is 0 Å². The highest BCUT2D eigenvalue weighted by molar-refractivity contribution is 5.31. The smallest absolute Gasteiger partial charge is 0.119 e. The normalized spacial score (nSPS) is 11.8. The van der Waals surface area contributed by atoms with Crippen LogP contribution in [0.1, 0.15) is 58.4 Å². The van der Waals surface area contributed by atoms with Crippen molar-refractivity contribution in [1.29, 1.82) is 0 Å². The maximum Gasteiger partial charge on any atom is 0.119 e. The van der Waals surface area contributed by atoms with Gasteiger partial charge in [-0.05, 0) is 29.5 Å². The van der Waals surface area contributed by atoms with Crippen LogP contribution in [-0.2, 0) is 57.5 Å². The van der Waals surface area contributed by atoms with E-state index in [4.69, 9.17) is 61.9 Å². The molecule has 0 fully saturated rings. The van der Waals surface area contributed by atoms with Crippen molar-refractivity contribution in [1.82, 2.24) is 0 Å². The molecule has 1 rings (SSSR count). The third kappa shape index (κ3) is 32.0. The highest BCUT2D eigenvalue weighted by atomic mass is 16.6. The van der Waals surface area contributed by atoms with Crippen molar-refractivity contribution in [3.63, 3.8) is 0 Å². The summed E-state index contributed by atoms with van der Waals surface area (Å²) >= 11 is 0. The molecule has 0 bridgehead atoms. The molecule has 0 amide bonds. The predicted octanol–water partition coefficient (Wildman–Crippen LogP) is 4.49. The summed E-state index contributed by atoms with van der Waals surface area (Å²) in [5.41, 5.74) is 1.55. The Hall–Kier alpha value is -1.46. The lowest BCUT2D eigenvalue weighted by Gasteiger charge is -2.25. The van der Waals surface area contributed by atoms with E-state index in [-0.39, 0.29) is 12.0 Å². The highest BCUT2D eigenvalue weighted by Crippen LogP contribution is 2.30. The van der Waals surface area contributed by atoms with Gasteiger partial charge >= 0.3 is 0 Å². The van der Waals surface area contributed by atoms with E-state index in [9.17, 15) is 0 Å². The van der Waals surface area contributed by atoms with Gasteiger partial charge in [0.15, 0.2) is 0 Å². The molecule has 1 N–H and O–H groups in total. The van der Waals surface area contributed by atoms with Gasteiger partial charge in [0.2, 0.25) is 0 Å². The largest absolute Gasteiger partial charge is 0.491 e. The minimum absolute atomic E-state index is 0.0250. The van der Waals surface area contributed by atoms with E-state index < -0.39 is 0 Å². The van der Waals surface area contributed by atoms with Crippen LogP contribution in [0.5, 0.6) is 5.75 Å². The number of rotatable bonds is 42. The molecule has 0 unspecified atom stereocenters. The molecule has 0 atom stereocenters. The van der Waals surface area contributed by atoms with Crippen LogP contribution < -0.4 is 4.74 Å². The lowest BCUT2D eigenvalue weighted by atomic mass is 9.80. The number of hydrogen-bond acceptors (Lipinski definition) is 13. The molecule has 52 heavy (non-hydrogen) atoms. The van der Waals surface area contributed by atoms with Crippen LogP contribution in [0, 0.1) is 0 Å². The number of ether oxygens (including phenoxy) is 12. The first-order valence-electron chi connectivity index (χ1n) is 19.3. The van der Waals surface area contributed by atoms with Crippen LogP contribution in [-0.4, -0.2) is 164 Å². The predicted molar refractivity (Wildman–Crippen MR) is 200 cm³/mol. The summed E-state index contributed by atoms with van der Waals surface area (Å²) in [6.07, 6.45) is 6.39. The summed E-state index contributed by atoms with van der Waals surface area (Å²) in [5.74, 6) is 0.873. The number of unbranched alkanes of at least 4 members (excludes halogenated alkanes) is 3. The molecule has 0 aromatic heterocycles. The van der Waals surface area contributed by atoms with Gasteiger partial charge in [-0.25, -0.2) is 0 Å². The summed E-state index contributed by atoms with van der Waals surface area (Å²) in [5, 5.41) is 8.59. The van der Waals surface area contributed by atoms with Crippen molar-refractivity contribution in [3.8, 4) is 5.75 Å². The maximum atomic E-state index is 8.59. The second kappa shape index (κ2) is 37.8. The highest BCUT2D eigenvalue weighted by Gasteiger charge is 2.19. The summed E-state index contributed by atoms with van der Waals surface area (Å²) in [6.45, 7) is 18.4. The van der Waals surface area contributed by atoms with Gasteiger partial charge in [-0.1, -0.05) is 58.6 Å². The van der Waals surface area contributed by atoms with Crippen LogP contribution in [0.3, 0.4) is 0 Å². The Kier molecular flexibility index (Phi) is 35.3. The Morgan fingerprint density at radius 1 is 0.404 bits per heavy atom. The molecular formula is C39H72O13. The molecule has 0 radical (unpaired) electrons. The average molecular weight is 749 g/mol. The summed E-state index contributed by atoms with van der Waals surface area (Å²) < 4.78 is 65.8. The first-order valence-corrected chi connectivity index (χ1v) is 19.3. The fourth-order valence-corrected chi connectivity index (χ4v) is 4.72. The monoisotopic (exact) mass is 748 g/mol. The van der Waals surface area contributed by atoms with Crippen LogP contribution in [0.25, 0.3) is 0 Å². The average Bonchev–Trinajstić information content (AvgIpc) is 3.15. The van der Waals surface area contributed by atoms with Gasteiger partial charge in [-0.3, -0.25) is 0 Å². The molecule has 0 spiro atoms. The van der Waals surface area contributed by atoms with Crippen LogP contribution in [0.4, 0.5) is 0 Å². The van der Waals surface area contributed by atoms with Crippen molar-refractivity contribution in [2.75, 3.05) is 159 Å². The molecule has 0 aliphatic rings. The summed E-state index contributed by atoms with van der Waals surface area (Å²) in [4.78, 5) is 0. The third-order valence-electron chi connectivity index (χ3n) is 7.74. The van der Waals surface area contributed by atoms with Gasteiger partial charge < -0.3 is 61.9 Å². The number of aliphatic hydroxyl groups is 1. The molecule has 0 aliphatic carbocycles. The Labute approximate surface area is 314 Å². The van der Waals surface area contributed by atoms with E-state index >= 15 is 0 Å². The second-order valence-corrected chi connectivity index (χ2v) is 12.5. The Morgan fingerprint density at radius 2 is 0.712 bits per heavy atom. The second-order valence-electron chi connectivity index (χ2n) is 12.5. The molecule has 0 saturated carbocycles. The molecule has 13 nitrogen and oxygen atoms in total. The van der Waals surface area contributed by atoms with Crippen molar-refractivity contribution in [2.24, 2.45) is 0 Å². The van der Waals surface area contributed by atoms with E-state index in [0.29, 0.717) is 152 Å². The van der Waals surface area contributed by atoms with E-state index in [1.165, 1.54) is 37.7 Å². The molecule has 0 aliphatic heterocycles. The lowest BCUT2D eigenvalue weighted by molar-refractivity contribution is -0.0280. The molecule has 13 heteroatoms. The fraction of sp³-hybridized carbons (Fsp3) is 0.846. The fourth-order valence-electron chi connectivity index (χ4n) is 4.72. The topological polar surface area (TPSA) is 131 Å². The maximum absolute atomic E-state index is 8.59. The van der Waals surface area contributed by atoms with Crippen molar-refractivity contribution in [3.05, 3.63) is 29.8 Å². The Bertz CT molecular complexity index is 844. The van der Waals surface area contributed by atoms with Gasteiger partial charge in [0, 0.05) is 0 Å². The van der Waals surface area contributed by atoms with Gasteiger partial charge in [0.1, 0.15) is 12.4 Å². The van der Waals surface area contributed by atoms with E-state index in [2.05, 4.69) is 45.0 Å². The van der Waals surface area contributed by atoms with Gasteiger partial charge in [-0.15, -0.1) is 0 Å². The summed E-state index contributed by atoms with van der Waals surface area (Å²) in [6, 6.07) is 8.49. The van der Waals surface area contributed by atoms with Gasteiger partial charge in [0.05, 0.1) is 152 Å². The van der Waals surface area contributed by atoms with Crippen LogP contribution in [0.15, 0.2) is 24.3 Å². The minimum Gasteiger partial charge on any atom is -0.491 e. The zero-order valence-corrected chi connectivity index (χ0v) is 32.7. The molecule has 1 aromatic rings. The van der Waals surface area contributed by atoms with E-state index in [0.717, 1.165) is 5.75 Å². The molecule has 0 saturated heterocycles. The third-order valence-corrected chi connectivity index (χ3v) is 7.74. The lowest BCUT2D eigenvalue weighted by Crippen LogP contribution is -2.17. The zero-order chi connectivity index (χ0) is 37.5. The summed E-state index contributed by atoms with van der Waals surface area (Å²) in [7, 11) is 0.